The predicted octanol–water partition coefficient (Wildman–Crippen LogP) is 2.34. The molecule has 2 fully saturated rings. The van der Waals surface area contributed by atoms with E-state index in [1.54, 1.807) is 17.7 Å². The summed E-state index contributed by atoms with van der Waals surface area (Å²) in [6.07, 6.45) is 3.49. The SMILES string of the molecule is Cc1sc2ncnc(N3CCC(C(=O)N4CCNCC4C)CC3)c2c1C. The molecule has 2 saturated heterocycles. The molecule has 0 spiro atoms. The van der Waals surface area contributed by atoms with Gasteiger partial charge in [0.25, 0.3) is 0 Å². The average molecular weight is 374 g/mol. The highest BCUT2D eigenvalue weighted by Crippen LogP contribution is 2.35. The molecule has 0 aromatic carbocycles. The van der Waals surface area contributed by atoms with Crippen LogP contribution in [0.2, 0.25) is 0 Å². The van der Waals surface area contributed by atoms with Crippen molar-refractivity contribution in [3.63, 3.8) is 0 Å². The standard InChI is InChI=1S/C19H27N5OS/c1-12-10-20-6-9-24(12)19(25)15-4-7-23(8-5-15)17-16-13(2)14(3)26-18(16)22-11-21-17/h11-12,15,20H,4-10H2,1-3H3. The van der Waals surface area contributed by atoms with Crippen molar-refractivity contribution in [3.05, 3.63) is 16.8 Å². The fourth-order valence-corrected chi connectivity index (χ4v) is 5.14. The molecule has 2 aromatic rings. The third-order valence-electron chi connectivity index (χ3n) is 5.87. The topological polar surface area (TPSA) is 61.4 Å². The van der Waals surface area contributed by atoms with Crippen LogP contribution in [0.3, 0.4) is 0 Å². The molecule has 0 radical (unpaired) electrons. The van der Waals surface area contributed by atoms with Crippen molar-refractivity contribution < 1.29 is 4.79 Å². The highest BCUT2D eigenvalue weighted by Gasteiger charge is 2.32. The summed E-state index contributed by atoms with van der Waals surface area (Å²) >= 11 is 1.74. The first-order valence-electron chi connectivity index (χ1n) is 9.53. The number of carbonyl (C=O) groups excluding carboxylic acids is 1. The Morgan fingerprint density at radius 1 is 1.23 bits per heavy atom. The van der Waals surface area contributed by atoms with E-state index in [0.29, 0.717) is 11.9 Å². The molecule has 0 saturated carbocycles. The molecule has 1 unspecified atom stereocenters. The fourth-order valence-electron chi connectivity index (χ4n) is 4.14. The molecule has 6 nitrogen and oxygen atoms in total. The van der Waals surface area contributed by atoms with Crippen molar-refractivity contribution in [2.45, 2.75) is 39.7 Å². The zero-order valence-corrected chi connectivity index (χ0v) is 16.6. The minimum Gasteiger partial charge on any atom is -0.356 e. The Bertz CT molecular complexity index is 812. The number of rotatable bonds is 2. The summed E-state index contributed by atoms with van der Waals surface area (Å²) in [5.41, 5.74) is 1.29. The average Bonchev–Trinajstić information content (AvgIpc) is 2.96. The van der Waals surface area contributed by atoms with Crippen molar-refractivity contribution in [3.8, 4) is 0 Å². The quantitative estimate of drug-likeness (QED) is 0.876. The fraction of sp³-hybridized carbons (Fsp3) is 0.632. The lowest BCUT2D eigenvalue weighted by atomic mass is 9.94. The summed E-state index contributed by atoms with van der Waals surface area (Å²) in [4.78, 5) is 28.8. The molecule has 2 aromatic heterocycles. The van der Waals surface area contributed by atoms with Crippen LogP contribution in [0.25, 0.3) is 10.2 Å². The molecule has 1 atom stereocenters. The lowest BCUT2D eigenvalue weighted by Gasteiger charge is -2.39. The lowest BCUT2D eigenvalue weighted by Crippen LogP contribution is -2.54. The molecule has 4 rings (SSSR count). The molecule has 7 heteroatoms. The molecule has 0 aliphatic carbocycles. The van der Waals surface area contributed by atoms with Gasteiger partial charge in [-0.3, -0.25) is 4.79 Å². The van der Waals surface area contributed by atoms with Gasteiger partial charge in [-0.2, -0.15) is 0 Å². The second-order valence-electron chi connectivity index (χ2n) is 7.51. The zero-order chi connectivity index (χ0) is 18.3. The Labute approximate surface area is 158 Å². The smallest absolute Gasteiger partial charge is 0.226 e. The number of carbonyl (C=O) groups is 1. The largest absolute Gasteiger partial charge is 0.356 e. The number of nitrogens with one attached hydrogen (secondary N) is 1. The Morgan fingerprint density at radius 2 is 2.00 bits per heavy atom. The van der Waals surface area contributed by atoms with Crippen LogP contribution in [0.4, 0.5) is 5.82 Å². The molecule has 1 N–H and O–H groups in total. The van der Waals surface area contributed by atoms with Crippen LogP contribution >= 0.6 is 11.3 Å². The Balaban J connectivity index is 1.48. The number of piperidine rings is 1. The van der Waals surface area contributed by atoms with E-state index >= 15 is 0 Å². The number of amides is 1. The number of hydrogen-bond acceptors (Lipinski definition) is 6. The summed E-state index contributed by atoms with van der Waals surface area (Å²) in [5, 5.41) is 4.55. The van der Waals surface area contributed by atoms with Gasteiger partial charge in [0.15, 0.2) is 0 Å². The van der Waals surface area contributed by atoms with Gasteiger partial charge in [0.05, 0.1) is 5.39 Å². The van der Waals surface area contributed by atoms with Crippen molar-refractivity contribution >= 4 is 33.3 Å². The van der Waals surface area contributed by atoms with E-state index in [1.165, 1.54) is 15.8 Å². The maximum atomic E-state index is 12.9. The summed E-state index contributed by atoms with van der Waals surface area (Å²) < 4.78 is 0. The summed E-state index contributed by atoms with van der Waals surface area (Å²) in [6, 6.07) is 0.298. The first-order chi connectivity index (χ1) is 12.6. The number of aryl methyl sites for hydroxylation is 2. The molecular weight excluding hydrogens is 346 g/mol. The lowest BCUT2D eigenvalue weighted by molar-refractivity contribution is -0.139. The molecule has 140 valence electrons. The van der Waals surface area contributed by atoms with Gasteiger partial charge in [-0.1, -0.05) is 0 Å². The number of thiophene rings is 1. The zero-order valence-electron chi connectivity index (χ0n) is 15.8. The molecule has 4 heterocycles. The van der Waals surface area contributed by atoms with Gasteiger partial charge in [-0.25, -0.2) is 9.97 Å². The van der Waals surface area contributed by atoms with E-state index in [1.807, 2.05) is 0 Å². The molecule has 26 heavy (non-hydrogen) atoms. The van der Waals surface area contributed by atoms with Gasteiger partial charge in [0, 0.05) is 49.6 Å². The highest BCUT2D eigenvalue weighted by molar-refractivity contribution is 7.18. The molecule has 2 aliphatic heterocycles. The molecule has 1 amide bonds. The van der Waals surface area contributed by atoms with Crippen LogP contribution in [0, 0.1) is 19.8 Å². The number of aromatic nitrogens is 2. The maximum absolute atomic E-state index is 12.9. The second-order valence-corrected chi connectivity index (χ2v) is 8.71. The second kappa shape index (κ2) is 7.12. The van der Waals surface area contributed by atoms with Crippen LogP contribution in [-0.2, 0) is 4.79 Å². The van der Waals surface area contributed by atoms with Crippen LogP contribution in [0.1, 0.15) is 30.2 Å². The van der Waals surface area contributed by atoms with Crippen LogP contribution in [-0.4, -0.2) is 59.5 Å². The van der Waals surface area contributed by atoms with E-state index in [4.69, 9.17) is 0 Å². The van der Waals surface area contributed by atoms with Gasteiger partial charge in [-0.15, -0.1) is 11.3 Å². The molecular formula is C19H27N5OS. The molecule has 0 bridgehead atoms. The van der Waals surface area contributed by atoms with E-state index in [9.17, 15) is 4.79 Å². The van der Waals surface area contributed by atoms with Gasteiger partial charge in [0.2, 0.25) is 5.91 Å². The van der Waals surface area contributed by atoms with Crippen LogP contribution < -0.4 is 10.2 Å². The van der Waals surface area contributed by atoms with Crippen LogP contribution in [0.15, 0.2) is 6.33 Å². The number of piperazine rings is 1. The third kappa shape index (κ3) is 3.07. The van der Waals surface area contributed by atoms with E-state index in [0.717, 1.165) is 56.2 Å². The van der Waals surface area contributed by atoms with Crippen LogP contribution in [0.5, 0.6) is 0 Å². The minimum atomic E-state index is 0.148. The first kappa shape index (κ1) is 17.7. The normalized spacial score (nSPS) is 22.2. The number of anilines is 1. The van der Waals surface area contributed by atoms with Gasteiger partial charge < -0.3 is 15.1 Å². The minimum absolute atomic E-state index is 0.148. The van der Waals surface area contributed by atoms with E-state index in [2.05, 4.69) is 45.9 Å². The summed E-state index contributed by atoms with van der Waals surface area (Å²) in [5.74, 6) is 1.53. The number of fused-ring (bicyclic) bond motifs is 1. The van der Waals surface area contributed by atoms with Crippen molar-refractivity contribution in [1.29, 1.82) is 0 Å². The van der Waals surface area contributed by atoms with Gasteiger partial charge in [0.1, 0.15) is 17.0 Å². The first-order valence-corrected chi connectivity index (χ1v) is 10.3. The summed E-state index contributed by atoms with van der Waals surface area (Å²) in [6.45, 7) is 10.9. The van der Waals surface area contributed by atoms with Gasteiger partial charge in [-0.05, 0) is 39.2 Å². The Kier molecular flexibility index (Phi) is 4.84. The van der Waals surface area contributed by atoms with Crippen molar-refractivity contribution in [1.82, 2.24) is 20.2 Å². The van der Waals surface area contributed by atoms with Gasteiger partial charge >= 0.3 is 0 Å². The Morgan fingerprint density at radius 3 is 2.73 bits per heavy atom. The predicted molar refractivity (Wildman–Crippen MR) is 106 cm³/mol. The molecule has 2 aliphatic rings. The third-order valence-corrected chi connectivity index (χ3v) is 6.99. The van der Waals surface area contributed by atoms with Crippen molar-refractivity contribution in [2.75, 3.05) is 37.6 Å². The summed E-state index contributed by atoms with van der Waals surface area (Å²) in [7, 11) is 0. The number of hydrogen-bond donors (Lipinski definition) is 1. The maximum Gasteiger partial charge on any atom is 0.226 e. The highest BCUT2D eigenvalue weighted by atomic mass is 32.1. The monoisotopic (exact) mass is 373 g/mol. The Hall–Kier alpha value is -1.73. The van der Waals surface area contributed by atoms with E-state index in [-0.39, 0.29) is 5.92 Å². The van der Waals surface area contributed by atoms with E-state index < -0.39 is 0 Å². The van der Waals surface area contributed by atoms with Crippen molar-refractivity contribution in [2.24, 2.45) is 5.92 Å². The number of nitrogens with zero attached hydrogens (tertiary/aromatic N) is 4.